The molecule has 172 valence electrons. The minimum absolute atomic E-state index is 0.104. The minimum Gasteiger partial charge on any atom is -0.494 e. The van der Waals surface area contributed by atoms with E-state index in [4.69, 9.17) is 10.5 Å². The maximum Gasteiger partial charge on any atom is 0.408 e. The summed E-state index contributed by atoms with van der Waals surface area (Å²) in [6, 6.07) is 10.4. The first-order chi connectivity index (χ1) is 15.7. The van der Waals surface area contributed by atoms with E-state index in [1.165, 1.54) is 17.2 Å². The van der Waals surface area contributed by atoms with Gasteiger partial charge in [-0.25, -0.2) is 4.98 Å². The Hall–Kier alpha value is -3.24. The van der Waals surface area contributed by atoms with E-state index in [9.17, 15) is 13.2 Å². The van der Waals surface area contributed by atoms with Crippen LogP contribution in [-0.2, 0) is 0 Å². The Labute approximate surface area is 188 Å². The van der Waals surface area contributed by atoms with Crippen molar-refractivity contribution in [1.82, 2.24) is 24.5 Å². The zero-order valence-corrected chi connectivity index (χ0v) is 18.2. The maximum absolute atomic E-state index is 14.2. The lowest BCUT2D eigenvalue weighted by molar-refractivity contribution is -0.184. The number of para-hydroxylation sites is 1. The van der Waals surface area contributed by atoms with Crippen LogP contribution in [-0.4, -0.2) is 56.4 Å². The van der Waals surface area contributed by atoms with Gasteiger partial charge in [-0.2, -0.15) is 13.2 Å². The summed E-state index contributed by atoms with van der Waals surface area (Å²) in [4.78, 5) is 6.05. The average molecular weight is 456 g/mol. The van der Waals surface area contributed by atoms with Crippen LogP contribution in [0.5, 0.6) is 5.75 Å². The molecule has 7 nitrogen and oxygen atoms in total. The highest BCUT2D eigenvalue weighted by molar-refractivity contribution is 5.86. The van der Waals surface area contributed by atoms with Gasteiger partial charge in [-0.3, -0.25) is 9.30 Å². The predicted octanol–water partition coefficient (Wildman–Crippen LogP) is 3.98. The number of fused-ring (bicyclic) bond motifs is 2. The summed E-state index contributed by atoms with van der Waals surface area (Å²) in [5.41, 5.74) is 7.12. The third kappa shape index (κ3) is 3.89. The third-order valence-electron chi connectivity index (χ3n) is 6.08. The third-order valence-corrected chi connectivity index (χ3v) is 6.08. The molecule has 10 heteroatoms. The lowest BCUT2D eigenvalue weighted by Gasteiger charge is -2.31. The zero-order chi connectivity index (χ0) is 23.4. The lowest BCUT2D eigenvalue weighted by atomic mass is 10.0. The van der Waals surface area contributed by atoms with Gasteiger partial charge in [-0.05, 0) is 37.1 Å². The summed E-state index contributed by atoms with van der Waals surface area (Å²) in [6.07, 6.45) is -2.51. The zero-order valence-electron chi connectivity index (χ0n) is 18.2. The Morgan fingerprint density at radius 2 is 1.94 bits per heavy atom. The minimum atomic E-state index is -4.46. The SMILES string of the molecule is COc1cccc2ccc(-c3nnc4ccc([C@@H](N5CC[C@@](C)(N)C5)C(F)(F)F)cn34)nc12. The number of benzene rings is 1. The van der Waals surface area contributed by atoms with E-state index in [-0.39, 0.29) is 18.7 Å². The standard InChI is InChI=1S/C23H23F3N6O/c1-22(27)10-11-31(13-22)20(23(24,25)26)15-7-9-18-29-30-21(32(18)12-15)16-8-6-14-4-3-5-17(33-2)19(14)28-16/h3-9,12,20H,10-11,13,27H2,1-2H3/t20-,22-/m1/s1. The van der Waals surface area contributed by atoms with Crippen LogP contribution in [0.15, 0.2) is 48.7 Å². The van der Waals surface area contributed by atoms with E-state index in [0.717, 1.165) is 5.39 Å². The summed E-state index contributed by atoms with van der Waals surface area (Å²) in [5.74, 6) is 0.950. The quantitative estimate of drug-likeness (QED) is 0.500. The highest BCUT2D eigenvalue weighted by atomic mass is 19.4. The Morgan fingerprint density at radius 1 is 1.12 bits per heavy atom. The fourth-order valence-electron chi connectivity index (χ4n) is 4.50. The molecule has 5 rings (SSSR count). The summed E-state index contributed by atoms with van der Waals surface area (Å²) < 4.78 is 49.5. The topological polar surface area (TPSA) is 81.6 Å². The fraction of sp³-hybridized carbons (Fsp3) is 0.348. The van der Waals surface area contributed by atoms with Crippen molar-refractivity contribution in [2.24, 2.45) is 5.73 Å². The van der Waals surface area contributed by atoms with E-state index in [0.29, 0.717) is 34.9 Å². The molecule has 2 N–H and O–H groups in total. The van der Waals surface area contributed by atoms with Gasteiger partial charge < -0.3 is 10.5 Å². The van der Waals surface area contributed by atoms with E-state index in [2.05, 4.69) is 15.2 Å². The smallest absolute Gasteiger partial charge is 0.408 e. The summed E-state index contributed by atoms with van der Waals surface area (Å²) in [7, 11) is 1.56. The molecule has 0 saturated carbocycles. The Kier molecular flexibility index (Phi) is 5.02. The number of halogens is 3. The summed E-state index contributed by atoms with van der Waals surface area (Å²) in [5, 5.41) is 9.21. The number of rotatable bonds is 4. The summed E-state index contributed by atoms with van der Waals surface area (Å²) >= 11 is 0. The molecule has 0 amide bonds. The molecule has 3 aromatic heterocycles. The number of hydrogen-bond donors (Lipinski definition) is 1. The monoisotopic (exact) mass is 456 g/mol. The average Bonchev–Trinajstić information content (AvgIpc) is 3.34. The second kappa shape index (κ2) is 7.67. The molecule has 0 radical (unpaired) electrons. The number of aromatic nitrogens is 4. The number of nitrogens with zero attached hydrogens (tertiary/aromatic N) is 5. The molecular weight excluding hydrogens is 433 g/mol. The Morgan fingerprint density at radius 3 is 2.64 bits per heavy atom. The molecule has 1 saturated heterocycles. The molecule has 2 atom stereocenters. The highest BCUT2D eigenvalue weighted by Gasteiger charge is 2.48. The molecule has 1 aliphatic rings. The number of likely N-dealkylation sites (tertiary alicyclic amines) is 1. The van der Waals surface area contributed by atoms with Crippen molar-refractivity contribution in [3.05, 3.63) is 54.2 Å². The second-order valence-corrected chi connectivity index (χ2v) is 8.76. The van der Waals surface area contributed by atoms with Crippen molar-refractivity contribution in [2.45, 2.75) is 31.1 Å². The number of alkyl halides is 3. The molecule has 1 aliphatic heterocycles. The van der Waals surface area contributed by atoms with Crippen LogP contribution in [0.25, 0.3) is 28.1 Å². The lowest BCUT2D eigenvalue weighted by Crippen LogP contribution is -2.43. The van der Waals surface area contributed by atoms with Gasteiger partial charge in [0.1, 0.15) is 23.0 Å². The number of methoxy groups -OCH3 is 1. The van der Waals surface area contributed by atoms with Crippen molar-refractivity contribution in [3.8, 4) is 17.3 Å². The first-order valence-corrected chi connectivity index (χ1v) is 10.5. The maximum atomic E-state index is 14.2. The van der Waals surface area contributed by atoms with Gasteiger partial charge in [-0.1, -0.05) is 24.3 Å². The molecule has 0 bridgehead atoms. The van der Waals surface area contributed by atoms with Crippen LogP contribution in [0, 0.1) is 0 Å². The van der Waals surface area contributed by atoms with Gasteiger partial charge in [-0.15, -0.1) is 10.2 Å². The Bertz CT molecular complexity index is 1330. The molecule has 1 aromatic carbocycles. The molecular formula is C23H23F3N6O. The van der Waals surface area contributed by atoms with Crippen molar-refractivity contribution in [1.29, 1.82) is 0 Å². The van der Waals surface area contributed by atoms with Crippen LogP contribution >= 0.6 is 0 Å². The molecule has 33 heavy (non-hydrogen) atoms. The van der Waals surface area contributed by atoms with Crippen LogP contribution in [0.4, 0.5) is 13.2 Å². The van der Waals surface area contributed by atoms with E-state index >= 15 is 0 Å². The second-order valence-electron chi connectivity index (χ2n) is 8.76. The first-order valence-electron chi connectivity index (χ1n) is 10.5. The van der Waals surface area contributed by atoms with Gasteiger partial charge in [0.2, 0.25) is 0 Å². The molecule has 0 spiro atoms. The molecule has 0 aliphatic carbocycles. The normalized spacial score (nSPS) is 20.5. The van der Waals surface area contributed by atoms with Crippen molar-refractivity contribution in [3.63, 3.8) is 0 Å². The van der Waals surface area contributed by atoms with Gasteiger partial charge in [0.05, 0.1) is 7.11 Å². The van der Waals surface area contributed by atoms with E-state index in [1.54, 1.807) is 36.6 Å². The first kappa shape index (κ1) is 21.6. The van der Waals surface area contributed by atoms with Gasteiger partial charge in [0, 0.05) is 30.2 Å². The van der Waals surface area contributed by atoms with Crippen LogP contribution in [0.3, 0.4) is 0 Å². The van der Waals surface area contributed by atoms with E-state index in [1.807, 2.05) is 18.2 Å². The highest BCUT2D eigenvalue weighted by Crippen LogP contribution is 2.41. The van der Waals surface area contributed by atoms with Gasteiger partial charge in [0.15, 0.2) is 11.5 Å². The van der Waals surface area contributed by atoms with Gasteiger partial charge >= 0.3 is 6.18 Å². The number of pyridine rings is 2. The number of nitrogens with two attached hydrogens (primary N) is 1. The molecule has 0 unspecified atom stereocenters. The van der Waals surface area contributed by atoms with Crippen LogP contribution in [0.1, 0.15) is 24.9 Å². The predicted molar refractivity (Wildman–Crippen MR) is 118 cm³/mol. The van der Waals surface area contributed by atoms with Crippen molar-refractivity contribution < 1.29 is 17.9 Å². The van der Waals surface area contributed by atoms with Crippen LogP contribution in [0.2, 0.25) is 0 Å². The van der Waals surface area contributed by atoms with E-state index < -0.39 is 17.8 Å². The van der Waals surface area contributed by atoms with Crippen molar-refractivity contribution in [2.75, 3.05) is 20.2 Å². The molecule has 4 heterocycles. The largest absolute Gasteiger partial charge is 0.494 e. The number of ether oxygens (including phenoxy) is 1. The summed E-state index contributed by atoms with van der Waals surface area (Å²) in [6.45, 7) is 2.22. The van der Waals surface area contributed by atoms with Gasteiger partial charge in [0.25, 0.3) is 0 Å². The van der Waals surface area contributed by atoms with Crippen molar-refractivity contribution >= 4 is 16.6 Å². The number of hydrogen-bond acceptors (Lipinski definition) is 6. The molecule has 1 fully saturated rings. The van der Waals surface area contributed by atoms with Crippen LogP contribution < -0.4 is 10.5 Å². The molecule has 4 aromatic rings. The fourth-order valence-corrected chi connectivity index (χ4v) is 4.50. The Balaban J connectivity index is 1.61.